The Morgan fingerprint density at radius 3 is 1.07 bits per heavy atom. The summed E-state index contributed by atoms with van der Waals surface area (Å²) in [6, 6.07) is 1.49. The van der Waals surface area contributed by atoms with Gasteiger partial charge in [-0.3, -0.25) is 9.80 Å². The third-order valence-corrected chi connectivity index (χ3v) is 12.1. The van der Waals surface area contributed by atoms with Crippen LogP contribution in [0.25, 0.3) is 0 Å². The van der Waals surface area contributed by atoms with Crippen LogP contribution >= 0.6 is 24.4 Å². The maximum absolute atomic E-state index is 5.57. The minimum absolute atomic E-state index is 0. The summed E-state index contributed by atoms with van der Waals surface area (Å²) in [4.78, 5) is 7.72. The molecule has 16 nitrogen and oxygen atoms in total. The fourth-order valence-electron chi connectivity index (χ4n) is 3.35. The van der Waals surface area contributed by atoms with Crippen molar-refractivity contribution in [3.05, 3.63) is 0 Å². The molecule has 0 aromatic heterocycles. The summed E-state index contributed by atoms with van der Waals surface area (Å²) in [6.07, 6.45) is 1.70. The zero-order chi connectivity index (χ0) is 49.4. The molecule has 0 fully saturated rings. The zero-order valence-electron chi connectivity index (χ0n) is 43.1. The molecule has 0 radical (unpaired) electrons. The second-order valence-electron chi connectivity index (χ2n) is 8.59. The van der Waals surface area contributed by atoms with Gasteiger partial charge in [0.1, 0.15) is 0 Å². The highest BCUT2D eigenvalue weighted by Gasteiger charge is 2.37. The van der Waals surface area contributed by atoms with Crippen molar-refractivity contribution < 1.29 is 26.6 Å². The molecule has 0 heterocycles. The Hall–Kier alpha value is -0.596. The lowest BCUT2D eigenvalue weighted by molar-refractivity contribution is 0.122. The first-order valence-corrected chi connectivity index (χ1v) is 26.7. The second-order valence-corrected chi connectivity index (χ2v) is 15.4. The number of nitrogens with two attached hydrogens (primary N) is 5. The van der Waals surface area contributed by atoms with E-state index in [1.807, 2.05) is 111 Å². The average molecular weight is 950 g/mol. The summed E-state index contributed by atoms with van der Waals surface area (Å²) >= 11 is 9.70. The fraction of sp³-hybridized carbons (Fsp3) is 0.950. The summed E-state index contributed by atoms with van der Waals surface area (Å²) in [5.74, 6) is 0. The highest BCUT2D eigenvalue weighted by atomic mass is 32.1. The first-order valence-electron chi connectivity index (χ1n) is 22.0. The Bertz CT molecular complexity index is 667. The molecule has 0 amide bonds. The van der Waals surface area contributed by atoms with Crippen LogP contribution in [0.4, 0.5) is 0 Å². The summed E-state index contributed by atoms with van der Waals surface area (Å²) in [5, 5.41) is 9.31. The van der Waals surface area contributed by atoms with Gasteiger partial charge in [0, 0.05) is 127 Å². The maximum Gasteiger partial charge on any atom is 0.500 e. The molecule has 0 bridgehead atoms. The largest absolute Gasteiger partial charge is 0.500 e. The lowest BCUT2D eigenvalue weighted by Crippen LogP contribution is -2.44. The lowest BCUT2D eigenvalue weighted by Gasteiger charge is -2.24. The molecule has 0 aromatic rings. The van der Waals surface area contributed by atoms with Crippen molar-refractivity contribution in [2.45, 2.75) is 143 Å². The van der Waals surface area contributed by atoms with Gasteiger partial charge in [0.25, 0.3) is 0 Å². The van der Waals surface area contributed by atoms with Crippen LogP contribution in [0.3, 0.4) is 0 Å². The van der Waals surface area contributed by atoms with Crippen molar-refractivity contribution >= 4 is 52.3 Å². The van der Waals surface area contributed by atoms with Crippen molar-refractivity contribution in [2.24, 2.45) is 33.7 Å². The van der Waals surface area contributed by atoms with Crippen molar-refractivity contribution in [2.75, 3.05) is 115 Å². The quantitative estimate of drug-likeness (QED) is 0.0167. The number of hydrogen-bond acceptors (Lipinski definition) is 16. The van der Waals surface area contributed by atoms with E-state index >= 15 is 0 Å². The summed E-state index contributed by atoms with van der Waals surface area (Å²) in [6.45, 7) is 39.3. The van der Waals surface area contributed by atoms with E-state index in [2.05, 4.69) is 37.9 Å². The second kappa shape index (κ2) is 93.4. The molecule has 0 rings (SSSR count). The number of rotatable bonds is 24. The van der Waals surface area contributed by atoms with Crippen LogP contribution in [0.2, 0.25) is 12.1 Å². The minimum Gasteiger partial charge on any atom is -0.377 e. The molecule has 0 saturated carbocycles. The van der Waals surface area contributed by atoms with E-state index in [0.29, 0.717) is 44.8 Å². The molecule has 0 aliphatic rings. The highest BCUT2D eigenvalue weighted by Crippen LogP contribution is 2.15. The Labute approximate surface area is 389 Å². The van der Waals surface area contributed by atoms with Crippen molar-refractivity contribution in [3.63, 3.8) is 0 Å². The SMILES string of the molecule is C.CC.CC.CC.CC.CC.CC.CC.CC.CO[Si](CCCN=C=S)(OC)OC.CO[Si](CCCNC(=S)NCCN(CCN)CCN)(OC)OC.NCN(CN)CN. The van der Waals surface area contributed by atoms with E-state index in [4.69, 9.17) is 67.4 Å². The van der Waals surface area contributed by atoms with E-state index in [-0.39, 0.29) is 7.43 Å². The van der Waals surface area contributed by atoms with Crippen LogP contribution in [-0.4, -0.2) is 153 Å². The fourth-order valence-corrected chi connectivity index (χ4v) is 7.07. The molecule has 0 unspecified atom stereocenters. The summed E-state index contributed by atoms with van der Waals surface area (Å²) in [7, 11) is 4.78. The molecule has 12 N–H and O–H groups in total. The molecule has 0 spiro atoms. The molecular formula is C40H112N10O6S2Si2. The van der Waals surface area contributed by atoms with Crippen molar-refractivity contribution in [3.8, 4) is 0 Å². The van der Waals surface area contributed by atoms with Crippen LogP contribution < -0.4 is 39.3 Å². The highest BCUT2D eigenvalue weighted by molar-refractivity contribution is 7.80. The number of thiocarbonyl (C=S) groups is 2. The van der Waals surface area contributed by atoms with Crippen LogP contribution in [0.5, 0.6) is 0 Å². The first-order chi connectivity index (χ1) is 28.7. The summed E-state index contributed by atoms with van der Waals surface area (Å²) < 4.78 is 31.8. The lowest BCUT2D eigenvalue weighted by atomic mass is 10.4. The third kappa shape index (κ3) is 71.9. The van der Waals surface area contributed by atoms with Gasteiger partial charge in [-0.05, 0) is 37.3 Å². The van der Waals surface area contributed by atoms with Crippen LogP contribution in [0.1, 0.15) is 131 Å². The smallest absolute Gasteiger partial charge is 0.377 e. The van der Waals surface area contributed by atoms with Gasteiger partial charge in [0.15, 0.2) is 5.11 Å². The van der Waals surface area contributed by atoms with E-state index in [1.165, 1.54) is 0 Å². The number of isothiocyanates is 1. The van der Waals surface area contributed by atoms with Gasteiger partial charge in [-0.15, -0.1) is 0 Å². The molecule has 0 aliphatic carbocycles. The zero-order valence-corrected chi connectivity index (χ0v) is 46.7. The number of hydrogen-bond donors (Lipinski definition) is 7. The topological polar surface area (TPSA) is 228 Å². The van der Waals surface area contributed by atoms with E-state index in [0.717, 1.165) is 57.7 Å². The minimum atomic E-state index is -2.48. The standard InChI is InChI=1S/C13H33N5O3SSi.C7H15NO3SSi.C3H12N4.8C2H6.CH4/c1-19-23(20-2,21-3)12-4-7-16-13(22)17-8-11-18(9-5-14)10-6-15;1-9-13(10-2,11-3)6-4-5-8-7-12;4-1-7(2-5)3-6;8*1-2;/h4-12,14-15H2,1-3H3,(H2,16,17,22);4-6H2,1-3H3;1-6H2;8*1-2H3;1H4. The Morgan fingerprint density at radius 1 is 0.517 bits per heavy atom. The molecule has 60 heavy (non-hydrogen) atoms. The molecule has 0 atom stereocenters. The van der Waals surface area contributed by atoms with Gasteiger partial charge in [-0.1, -0.05) is 118 Å². The molecular weight excluding hydrogens is 837 g/mol. The molecule has 20 heteroatoms. The van der Waals surface area contributed by atoms with Gasteiger partial charge >= 0.3 is 17.6 Å². The molecule has 0 aliphatic heterocycles. The van der Waals surface area contributed by atoms with Gasteiger partial charge in [0.2, 0.25) is 0 Å². The maximum atomic E-state index is 5.57. The van der Waals surface area contributed by atoms with Crippen LogP contribution in [0, 0.1) is 0 Å². The van der Waals surface area contributed by atoms with Crippen LogP contribution in [-0.2, 0) is 26.6 Å². The van der Waals surface area contributed by atoms with Crippen molar-refractivity contribution in [1.82, 2.24) is 20.4 Å². The molecule has 0 aromatic carbocycles. The van der Waals surface area contributed by atoms with Crippen molar-refractivity contribution in [1.29, 1.82) is 0 Å². The molecule has 378 valence electrons. The average Bonchev–Trinajstić information content (AvgIpc) is 3.33. The van der Waals surface area contributed by atoms with Crippen LogP contribution in [0.15, 0.2) is 4.99 Å². The number of nitrogens with one attached hydrogen (secondary N) is 2. The van der Waals surface area contributed by atoms with E-state index in [1.54, 1.807) is 47.6 Å². The number of nitrogens with zero attached hydrogens (tertiary/aromatic N) is 3. The third-order valence-electron chi connectivity index (χ3n) is 6.01. The van der Waals surface area contributed by atoms with E-state index in [9.17, 15) is 0 Å². The van der Waals surface area contributed by atoms with Gasteiger partial charge in [-0.25, -0.2) is 4.99 Å². The van der Waals surface area contributed by atoms with Gasteiger partial charge in [-0.2, -0.15) is 0 Å². The Morgan fingerprint density at radius 2 is 0.817 bits per heavy atom. The normalized spacial score (nSPS) is 8.88. The Balaban J connectivity index is -0.0000000529. The number of aliphatic imine (C=N–C) groups is 1. The van der Waals surface area contributed by atoms with Gasteiger partial charge < -0.3 is 65.9 Å². The van der Waals surface area contributed by atoms with E-state index < -0.39 is 17.6 Å². The summed E-state index contributed by atoms with van der Waals surface area (Å²) in [5.41, 5.74) is 26.6. The monoisotopic (exact) mass is 949 g/mol. The van der Waals surface area contributed by atoms with Gasteiger partial charge in [0.05, 0.1) is 5.16 Å². The predicted molar refractivity (Wildman–Crippen MR) is 282 cm³/mol. The molecule has 0 saturated heterocycles. The predicted octanol–water partition coefficient (Wildman–Crippen LogP) is 7.18. The first kappa shape index (κ1) is 90.2. The Kier molecular flexibility index (Phi) is 140.